The molecule has 0 radical (unpaired) electrons. The number of aromatic nitrogens is 5. The summed E-state index contributed by atoms with van der Waals surface area (Å²) < 4.78 is 32.0. The molecule has 1 aliphatic rings. The minimum atomic E-state index is -3.84. The van der Waals surface area contributed by atoms with Crippen molar-refractivity contribution in [2.75, 3.05) is 54.7 Å². The van der Waals surface area contributed by atoms with Gasteiger partial charge in [0.1, 0.15) is 5.15 Å². The van der Waals surface area contributed by atoms with Crippen LogP contribution in [0.5, 0.6) is 6.01 Å². The molecule has 232 valence electrons. The second-order valence-electron chi connectivity index (χ2n) is 10.5. The van der Waals surface area contributed by atoms with Gasteiger partial charge in [-0.2, -0.15) is 0 Å². The molecule has 4 aromatic rings. The first-order valence-corrected chi connectivity index (χ1v) is 15.9. The molecule has 2 N–H and O–H groups in total. The van der Waals surface area contributed by atoms with Crippen molar-refractivity contribution in [2.45, 2.75) is 19.9 Å². The first-order valence-electron chi connectivity index (χ1n) is 13.7. The SMILES string of the molecule is COc1ncc(N2CCN(c3nc4c([C@@H](C)Nc5ccc(Cl)nc5C(=O)NS(C)(=O)=O)cc(C)cc4c(=O)n3C)CC2)cn1. The van der Waals surface area contributed by atoms with Crippen molar-refractivity contribution >= 4 is 55.8 Å². The van der Waals surface area contributed by atoms with Gasteiger partial charge < -0.3 is 19.9 Å². The van der Waals surface area contributed by atoms with Crippen LogP contribution in [0.3, 0.4) is 0 Å². The monoisotopic (exact) mass is 641 g/mol. The van der Waals surface area contributed by atoms with E-state index in [9.17, 15) is 18.0 Å². The van der Waals surface area contributed by atoms with Gasteiger partial charge in [-0.3, -0.25) is 14.2 Å². The van der Waals surface area contributed by atoms with E-state index in [0.29, 0.717) is 49.0 Å². The Morgan fingerprint density at radius 1 is 1.07 bits per heavy atom. The summed E-state index contributed by atoms with van der Waals surface area (Å²) in [5, 5.41) is 3.72. The van der Waals surface area contributed by atoms with Gasteiger partial charge in [0, 0.05) is 38.8 Å². The molecule has 44 heavy (non-hydrogen) atoms. The molecule has 0 unspecified atom stereocenters. The quantitative estimate of drug-likeness (QED) is 0.270. The van der Waals surface area contributed by atoms with Crippen LogP contribution in [-0.2, 0) is 17.1 Å². The Labute approximate surface area is 259 Å². The number of halogens is 1. The molecule has 1 fully saturated rings. The lowest BCUT2D eigenvalue weighted by atomic mass is 10.0. The van der Waals surface area contributed by atoms with E-state index < -0.39 is 22.0 Å². The number of pyridine rings is 1. The number of fused-ring (bicyclic) bond motifs is 1. The van der Waals surface area contributed by atoms with Crippen LogP contribution in [0.4, 0.5) is 17.3 Å². The van der Waals surface area contributed by atoms with Crippen molar-refractivity contribution in [1.82, 2.24) is 29.2 Å². The lowest BCUT2D eigenvalue weighted by Crippen LogP contribution is -2.48. The van der Waals surface area contributed by atoms with Crippen LogP contribution < -0.4 is 30.1 Å². The average Bonchev–Trinajstić information content (AvgIpc) is 2.99. The average molecular weight is 642 g/mol. The zero-order valence-electron chi connectivity index (χ0n) is 24.8. The Morgan fingerprint density at radius 2 is 1.73 bits per heavy atom. The Morgan fingerprint density at radius 3 is 2.36 bits per heavy atom. The third-order valence-corrected chi connectivity index (χ3v) is 8.01. The summed E-state index contributed by atoms with van der Waals surface area (Å²) in [5.74, 6) is -0.389. The van der Waals surface area contributed by atoms with Crippen LogP contribution in [-0.4, -0.2) is 78.4 Å². The van der Waals surface area contributed by atoms with E-state index in [1.165, 1.54) is 13.2 Å². The molecule has 1 saturated heterocycles. The number of hydrogen-bond acceptors (Lipinski definition) is 12. The van der Waals surface area contributed by atoms with Crippen LogP contribution >= 0.6 is 11.6 Å². The standard InChI is InChI=1S/C28H32ClN9O5S/c1-16-12-19(17(2)32-21-6-7-22(29)33-24(21)25(39)35-44(5,41)42)23-20(13-16)26(40)36(3)28(34-23)38-10-8-37(9-11-38)18-14-30-27(43-4)31-15-18/h6-7,12-15,17,32H,8-11H2,1-5H3,(H,35,39)/t17-/m1/s1. The van der Waals surface area contributed by atoms with Crippen LogP contribution in [0, 0.1) is 6.92 Å². The fourth-order valence-corrected chi connectivity index (χ4v) is 5.73. The van der Waals surface area contributed by atoms with Crippen molar-refractivity contribution < 1.29 is 17.9 Å². The number of methoxy groups -OCH3 is 1. The summed E-state index contributed by atoms with van der Waals surface area (Å²) >= 11 is 6.03. The zero-order valence-corrected chi connectivity index (χ0v) is 26.4. The number of amides is 1. The van der Waals surface area contributed by atoms with E-state index >= 15 is 0 Å². The Hall–Kier alpha value is -4.50. The molecule has 0 bridgehead atoms. The van der Waals surface area contributed by atoms with E-state index in [4.69, 9.17) is 21.3 Å². The number of rotatable bonds is 8. The number of carbonyl (C=O) groups is 1. The van der Waals surface area contributed by atoms with E-state index in [0.717, 1.165) is 23.1 Å². The minimum absolute atomic E-state index is 0.0253. The Kier molecular flexibility index (Phi) is 8.61. The molecule has 5 rings (SSSR count). The first-order chi connectivity index (χ1) is 20.8. The van der Waals surface area contributed by atoms with Gasteiger partial charge in [0.05, 0.1) is 54.1 Å². The van der Waals surface area contributed by atoms with Gasteiger partial charge in [0.15, 0.2) is 5.69 Å². The largest absolute Gasteiger partial charge is 0.467 e. The third-order valence-electron chi connectivity index (χ3n) is 7.25. The number of piperazine rings is 1. The fraction of sp³-hybridized carbons (Fsp3) is 0.357. The number of carbonyl (C=O) groups excluding carboxylic acids is 1. The van der Waals surface area contributed by atoms with Gasteiger partial charge >= 0.3 is 6.01 Å². The highest BCUT2D eigenvalue weighted by Gasteiger charge is 2.25. The predicted octanol–water partition coefficient (Wildman–Crippen LogP) is 2.28. The van der Waals surface area contributed by atoms with Crippen LogP contribution in [0.2, 0.25) is 5.15 Å². The molecule has 16 heteroatoms. The molecule has 1 atom stereocenters. The molecular formula is C28H32ClN9O5S. The summed E-state index contributed by atoms with van der Waals surface area (Å²) in [6.07, 6.45) is 4.32. The number of aryl methyl sites for hydroxylation is 1. The topological polar surface area (TPSA) is 165 Å². The third kappa shape index (κ3) is 6.53. The molecule has 1 amide bonds. The second kappa shape index (κ2) is 12.2. The lowest BCUT2D eigenvalue weighted by Gasteiger charge is -2.36. The van der Waals surface area contributed by atoms with Gasteiger partial charge in [0.2, 0.25) is 16.0 Å². The number of benzene rings is 1. The molecule has 0 spiro atoms. The van der Waals surface area contributed by atoms with Crippen molar-refractivity contribution in [3.63, 3.8) is 0 Å². The molecular weight excluding hydrogens is 610 g/mol. The van der Waals surface area contributed by atoms with Crippen molar-refractivity contribution in [1.29, 1.82) is 0 Å². The van der Waals surface area contributed by atoms with Crippen LogP contribution in [0.25, 0.3) is 10.9 Å². The van der Waals surface area contributed by atoms with Crippen LogP contribution in [0.1, 0.15) is 34.6 Å². The molecule has 14 nitrogen and oxygen atoms in total. The van der Waals surface area contributed by atoms with E-state index in [1.807, 2.05) is 24.6 Å². The maximum atomic E-state index is 13.6. The molecule has 1 aromatic carbocycles. The van der Waals surface area contributed by atoms with Gasteiger partial charge in [0.25, 0.3) is 11.5 Å². The maximum Gasteiger partial charge on any atom is 0.316 e. The second-order valence-corrected chi connectivity index (χ2v) is 12.7. The van der Waals surface area contributed by atoms with Gasteiger partial charge in [-0.1, -0.05) is 17.7 Å². The molecule has 0 aliphatic carbocycles. The minimum Gasteiger partial charge on any atom is -0.467 e. The van der Waals surface area contributed by atoms with Gasteiger partial charge in [-0.05, 0) is 37.6 Å². The summed E-state index contributed by atoms with van der Waals surface area (Å²) in [5.41, 5.74) is 2.87. The number of sulfonamides is 1. The highest BCUT2D eigenvalue weighted by Crippen LogP contribution is 2.29. The lowest BCUT2D eigenvalue weighted by molar-refractivity contribution is 0.0977. The summed E-state index contributed by atoms with van der Waals surface area (Å²) in [6.45, 7) is 6.31. The predicted molar refractivity (Wildman–Crippen MR) is 168 cm³/mol. The molecule has 1 aliphatic heterocycles. The summed E-state index contributed by atoms with van der Waals surface area (Å²) in [6, 6.07) is 6.61. The number of nitrogens with zero attached hydrogens (tertiary/aromatic N) is 7. The smallest absolute Gasteiger partial charge is 0.316 e. The number of ether oxygens (including phenoxy) is 1. The Balaban J connectivity index is 1.46. The van der Waals surface area contributed by atoms with Crippen molar-refractivity contribution in [2.24, 2.45) is 7.05 Å². The van der Waals surface area contributed by atoms with E-state index in [1.54, 1.807) is 36.1 Å². The van der Waals surface area contributed by atoms with Gasteiger partial charge in [-0.25, -0.2) is 33.1 Å². The highest BCUT2D eigenvalue weighted by molar-refractivity contribution is 7.89. The number of hydrogen-bond donors (Lipinski definition) is 2. The first kappa shape index (κ1) is 30.9. The zero-order chi connectivity index (χ0) is 31.8. The fourth-order valence-electron chi connectivity index (χ4n) is 5.15. The molecule has 4 heterocycles. The van der Waals surface area contributed by atoms with Crippen molar-refractivity contribution in [3.8, 4) is 6.01 Å². The molecule has 0 saturated carbocycles. The van der Waals surface area contributed by atoms with Crippen molar-refractivity contribution in [3.05, 3.63) is 69.0 Å². The highest BCUT2D eigenvalue weighted by atomic mass is 35.5. The number of anilines is 3. The van der Waals surface area contributed by atoms with E-state index in [2.05, 4.69) is 30.1 Å². The summed E-state index contributed by atoms with van der Waals surface area (Å²) in [4.78, 5) is 48.0. The normalized spacial score (nSPS) is 14.4. The van der Waals surface area contributed by atoms with E-state index in [-0.39, 0.29) is 22.1 Å². The number of nitrogens with one attached hydrogen (secondary N) is 2. The molecule has 3 aromatic heterocycles. The van der Waals surface area contributed by atoms with Crippen LogP contribution in [0.15, 0.2) is 41.5 Å². The summed E-state index contributed by atoms with van der Waals surface area (Å²) in [7, 11) is -0.609. The Bertz CT molecular complexity index is 1890. The maximum absolute atomic E-state index is 13.6. The van der Waals surface area contributed by atoms with Gasteiger partial charge in [-0.15, -0.1) is 0 Å².